The number of carboxylic acids is 1. The lowest BCUT2D eigenvalue weighted by molar-refractivity contribution is -0.139. The molecule has 0 saturated heterocycles. The maximum atomic E-state index is 10.5. The largest absolute Gasteiger partial charge is 0.480 e. The first-order valence-electron chi connectivity index (χ1n) is 3.13. The van der Waals surface area contributed by atoms with Crippen molar-refractivity contribution in [2.75, 3.05) is 5.75 Å². The fraction of sp³-hybridized carbons (Fsp3) is 0.333. The summed E-state index contributed by atoms with van der Waals surface area (Å²) in [6.07, 6.45) is 1.03. The summed E-state index contributed by atoms with van der Waals surface area (Å²) in [7, 11) is 0. The molecule has 0 fully saturated rings. The van der Waals surface area contributed by atoms with Crippen LogP contribution in [0.2, 0.25) is 0 Å². The van der Waals surface area contributed by atoms with Crippen molar-refractivity contribution in [3.05, 3.63) is 12.7 Å². The van der Waals surface area contributed by atoms with Crippen molar-refractivity contribution in [1.82, 2.24) is 10.9 Å². The Kier molecular flexibility index (Phi) is 5.14. The summed E-state index contributed by atoms with van der Waals surface area (Å²) in [5.41, 5.74) is 4.40. The smallest absolute Gasteiger partial charge is 0.323 e. The molecule has 0 saturated carbocycles. The van der Waals surface area contributed by atoms with Gasteiger partial charge in [-0.05, 0) is 6.08 Å². The van der Waals surface area contributed by atoms with Crippen molar-refractivity contribution in [3.63, 3.8) is 0 Å². The van der Waals surface area contributed by atoms with Crippen LogP contribution in [0, 0.1) is 0 Å². The SMILES string of the molecule is C=CC(=O)NN[C@@H](CS)C(=O)O. The molecule has 5 nitrogen and oxygen atoms in total. The summed E-state index contributed by atoms with van der Waals surface area (Å²) in [5.74, 6) is -1.47. The van der Waals surface area contributed by atoms with Gasteiger partial charge in [0.2, 0.25) is 0 Å². The van der Waals surface area contributed by atoms with Crippen molar-refractivity contribution >= 4 is 24.5 Å². The molecule has 0 aromatic carbocycles. The van der Waals surface area contributed by atoms with Gasteiger partial charge in [0.05, 0.1) is 0 Å². The number of nitrogens with one attached hydrogen (secondary N) is 2. The number of carboxylic acid groups (broad SMARTS) is 1. The number of amides is 1. The Balaban J connectivity index is 3.80. The van der Waals surface area contributed by atoms with Gasteiger partial charge in [-0.3, -0.25) is 15.0 Å². The van der Waals surface area contributed by atoms with Crippen LogP contribution in [0.1, 0.15) is 0 Å². The number of aliphatic carboxylic acids is 1. The van der Waals surface area contributed by atoms with E-state index in [0.717, 1.165) is 6.08 Å². The maximum absolute atomic E-state index is 10.5. The molecule has 1 amide bonds. The van der Waals surface area contributed by atoms with Crippen LogP contribution < -0.4 is 10.9 Å². The predicted octanol–water partition coefficient (Wildman–Crippen LogP) is -0.824. The fourth-order valence-electron chi connectivity index (χ4n) is 0.395. The molecule has 0 bridgehead atoms. The molecule has 0 aliphatic carbocycles. The van der Waals surface area contributed by atoms with Crippen molar-refractivity contribution in [2.24, 2.45) is 0 Å². The number of hydrazine groups is 1. The topological polar surface area (TPSA) is 78.4 Å². The minimum absolute atomic E-state index is 0.0900. The van der Waals surface area contributed by atoms with Gasteiger partial charge in [-0.15, -0.1) is 0 Å². The molecule has 0 spiro atoms. The summed E-state index contributed by atoms with van der Waals surface area (Å²) in [4.78, 5) is 20.9. The minimum atomic E-state index is -1.07. The quantitative estimate of drug-likeness (QED) is 0.259. The van der Waals surface area contributed by atoms with Crippen molar-refractivity contribution in [2.45, 2.75) is 6.04 Å². The van der Waals surface area contributed by atoms with Gasteiger partial charge in [0.25, 0.3) is 5.91 Å². The Morgan fingerprint density at radius 3 is 2.58 bits per heavy atom. The summed E-state index contributed by atoms with van der Waals surface area (Å²) < 4.78 is 0. The average molecular weight is 190 g/mol. The van der Waals surface area contributed by atoms with E-state index in [1.165, 1.54) is 0 Å². The molecule has 6 heteroatoms. The molecule has 68 valence electrons. The number of hydrogen-bond donors (Lipinski definition) is 4. The molecule has 0 aliphatic heterocycles. The van der Waals surface area contributed by atoms with Gasteiger partial charge in [0.15, 0.2) is 0 Å². The van der Waals surface area contributed by atoms with Crippen LogP contribution in [-0.4, -0.2) is 28.8 Å². The van der Waals surface area contributed by atoms with Gasteiger partial charge >= 0.3 is 5.97 Å². The first-order valence-corrected chi connectivity index (χ1v) is 3.76. The standard InChI is InChI=1S/C6H10N2O3S/c1-2-5(9)8-7-4(3-12)6(10)11/h2,4,7,12H,1,3H2,(H,8,9)(H,10,11)/t4-/m0/s1. The Labute approximate surface area is 75.2 Å². The van der Waals surface area contributed by atoms with E-state index in [-0.39, 0.29) is 5.75 Å². The summed E-state index contributed by atoms with van der Waals surface area (Å²) in [6, 6.07) is -0.891. The highest BCUT2D eigenvalue weighted by Gasteiger charge is 2.14. The van der Waals surface area contributed by atoms with Crippen LogP contribution in [0.25, 0.3) is 0 Å². The average Bonchev–Trinajstić information content (AvgIpc) is 2.04. The molecule has 0 aliphatic rings. The molecule has 0 aromatic heterocycles. The Bertz CT molecular complexity index is 195. The summed E-state index contributed by atoms with van der Waals surface area (Å²) in [6.45, 7) is 3.19. The van der Waals surface area contributed by atoms with Gasteiger partial charge < -0.3 is 5.11 Å². The summed E-state index contributed by atoms with van der Waals surface area (Å²) in [5, 5.41) is 8.47. The lowest BCUT2D eigenvalue weighted by Crippen LogP contribution is -2.48. The molecule has 0 aromatic rings. The second kappa shape index (κ2) is 5.62. The maximum Gasteiger partial charge on any atom is 0.323 e. The van der Waals surface area contributed by atoms with Gasteiger partial charge in [0, 0.05) is 5.75 Å². The van der Waals surface area contributed by atoms with Crippen LogP contribution in [0.3, 0.4) is 0 Å². The highest BCUT2D eigenvalue weighted by Crippen LogP contribution is 1.85. The van der Waals surface area contributed by atoms with Crippen LogP contribution in [0.15, 0.2) is 12.7 Å². The lowest BCUT2D eigenvalue weighted by atomic mass is 10.4. The zero-order chi connectivity index (χ0) is 9.56. The molecule has 1 atom stereocenters. The van der Waals surface area contributed by atoms with E-state index >= 15 is 0 Å². The number of rotatable bonds is 5. The molecule has 3 N–H and O–H groups in total. The van der Waals surface area contributed by atoms with Crippen LogP contribution in [0.4, 0.5) is 0 Å². The fourth-order valence-corrected chi connectivity index (χ4v) is 0.642. The molecular formula is C6H10N2O3S. The number of hydrogen-bond acceptors (Lipinski definition) is 4. The van der Waals surface area contributed by atoms with Crippen molar-refractivity contribution in [3.8, 4) is 0 Å². The predicted molar refractivity (Wildman–Crippen MR) is 46.8 cm³/mol. The minimum Gasteiger partial charge on any atom is -0.480 e. The molecular weight excluding hydrogens is 180 g/mol. The zero-order valence-corrected chi connectivity index (χ0v) is 7.17. The second-order valence-corrected chi connectivity index (χ2v) is 2.28. The van der Waals surface area contributed by atoms with E-state index in [0.29, 0.717) is 0 Å². The third kappa shape index (κ3) is 3.99. The van der Waals surface area contributed by atoms with Gasteiger partial charge in [-0.25, -0.2) is 5.43 Å². The number of carbonyl (C=O) groups is 2. The summed E-state index contributed by atoms with van der Waals surface area (Å²) >= 11 is 3.77. The van der Waals surface area contributed by atoms with Crippen molar-refractivity contribution < 1.29 is 14.7 Å². The second-order valence-electron chi connectivity index (χ2n) is 1.91. The third-order valence-corrected chi connectivity index (χ3v) is 1.40. The first-order chi connectivity index (χ1) is 5.61. The van der Waals surface area contributed by atoms with Crippen LogP contribution in [-0.2, 0) is 9.59 Å². The van der Waals surface area contributed by atoms with E-state index < -0.39 is 17.9 Å². The van der Waals surface area contributed by atoms with Gasteiger partial charge in [-0.2, -0.15) is 12.6 Å². The van der Waals surface area contributed by atoms with Crippen LogP contribution in [0.5, 0.6) is 0 Å². The molecule has 0 rings (SSSR count). The number of thiol groups is 1. The van der Waals surface area contributed by atoms with Gasteiger partial charge in [0.1, 0.15) is 6.04 Å². The molecule has 0 radical (unpaired) electrons. The van der Waals surface area contributed by atoms with Gasteiger partial charge in [-0.1, -0.05) is 6.58 Å². The van der Waals surface area contributed by atoms with E-state index in [4.69, 9.17) is 5.11 Å². The van der Waals surface area contributed by atoms with E-state index in [1.54, 1.807) is 0 Å². The molecule has 0 unspecified atom stereocenters. The molecule has 12 heavy (non-hydrogen) atoms. The monoisotopic (exact) mass is 190 g/mol. The Morgan fingerprint density at radius 2 is 2.25 bits per heavy atom. The zero-order valence-electron chi connectivity index (χ0n) is 6.28. The highest BCUT2D eigenvalue weighted by atomic mass is 32.1. The van der Waals surface area contributed by atoms with E-state index in [9.17, 15) is 9.59 Å². The molecule has 0 heterocycles. The highest BCUT2D eigenvalue weighted by molar-refractivity contribution is 7.80. The van der Waals surface area contributed by atoms with E-state index in [2.05, 4.69) is 30.1 Å². The Hall–Kier alpha value is -1.01. The Morgan fingerprint density at radius 1 is 1.67 bits per heavy atom. The first kappa shape index (κ1) is 11.0. The van der Waals surface area contributed by atoms with Crippen LogP contribution >= 0.6 is 12.6 Å². The lowest BCUT2D eigenvalue weighted by Gasteiger charge is -2.10. The normalized spacial score (nSPS) is 11.8. The number of carbonyl (C=O) groups excluding carboxylic acids is 1. The van der Waals surface area contributed by atoms with Crippen molar-refractivity contribution in [1.29, 1.82) is 0 Å². The van der Waals surface area contributed by atoms with E-state index in [1.807, 2.05) is 0 Å². The third-order valence-electron chi connectivity index (χ3n) is 1.04.